The number of rotatable bonds is 5. The van der Waals surface area contributed by atoms with Crippen molar-refractivity contribution in [3.05, 3.63) is 70.0 Å². The molecule has 0 saturated heterocycles. The standard InChI is InChI=1S/C19H16Cl2N4O/c1-11(26)13-4-3-5-15(8-13)24-18-10-19(23-12(2)22-18)25-17-9-14(20)6-7-16(17)21/h3-10H,1-2H3,(H2,22,23,24,25). The van der Waals surface area contributed by atoms with Gasteiger partial charge < -0.3 is 10.6 Å². The van der Waals surface area contributed by atoms with E-state index in [1.165, 1.54) is 6.92 Å². The van der Waals surface area contributed by atoms with E-state index in [1.807, 2.05) is 12.1 Å². The van der Waals surface area contributed by atoms with Crippen LogP contribution in [0.2, 0.25) is 10.0 Å². The second-order valence-corrected chi connectivity index (χ2v) is 6.54. The zero-order valence-corrected chi connectivity index (χ0v) is 15.7. The van der Waals surface area contributed by atoms with E-state index in [9.17, 15) is 4.79 Å². The van der Waals surface area contributed by atoms with Crippen molar-refractivity contribution in [3.8, 4) is 0 Å². The smallest absolute Gasteiger partial charge is 0.159 e. The Hall–Kier alpha value is -2.63. The number of aromatic nitrogens is 2. The third-order valence-electron chi connectivity index (χ3n) is 3.57. The van der Waals surface area contributed by atoms with Crippen molar-refractivity contribution in [2.24, 2.45) is 0 Å². The van der Waals surface area contributed by atoms with Crippen LogP contribution in [0.1, 0.15) is 23.1 Å². The maximum Gasteiger partial charge on any atom is 0.159 e. The molecule has 0 fully saturated rings. The number of ketones is 1. The van der Waals surface area contributed by atoms with Gasteiger partial charge in [0.05, 0.1) is 10.7 Å². The molecule has 0 aliphatic rings. The lowest BCUT2D eigenvalue weighted by atomic mass is 10.1. The van der Waals surface area contributed by atoms with Crippen LogP contribution in [0.4, 0.5) is 23.0 Å². The highest BCUT2D eigenvalue weighted by molar-refractivity contribution is 6.35. The van der Waals surface area contributed by atoms with Gasteiger partial charge in [0.25, 0.3) is 0 Å². The summed E-state index contributed by atoms with van der Waals surface area (Å²) >= 11 is 12.2. The van der Waals surface area contributed by atoms with Crippen LogP contribution in [0, 0.1) is 6.92 Å². The van der Waals surface area contributed by atoms with Gasteiger partial charge in [0.1, 0.15) is 17.5 Å². The first-order valence-electron chi connectivity index (χ1n) is 7.86. The Labute approximate surface area is 161 Å². The average molecular weight is 387 g/mol. The Morgan fingerprint density at radius 2 is 1.69 bits per heavy atom. The summed E-state index contributed by atoms with van der Waals surface area (Å²) in [7, 11) is 0. The van der Waals surface area contributed by atoms with Gasteiger partial charge >= 0.3 is 0 Å². The lowest BCUT2D eigenvalue weighted by molar-refractivity contribution is 0.101. The Morgan fingerprint density at radius 1 is 0.962 bits per heavy atom. The van der Waals surface area contributed by atoms with Gasteiger partial charge in [-0.05, 0) is 44.2 Å². The molecule has 0 unspecified atom stereocenters. The number of nitrogens with one attached hydrogen (secondary N) is 2. The van der Waals surface area contributed by atoms with Crippen molar-refractivity contribution in [2.45, 2.75) is 13.8 Å². The second kappa shape index (κ2) is 7.72. The molecule has 0 bridgehead atoms. The predicted octanol–water partition coefficient (Wildman–Crippen LogP) is 5.78. The number of halogens is 2. The molecule has 0 amide bonds. The Kier molecular flexibility index (Phi) is 5.40. The molecule has 5 nitrogen and oxygen atoms in total. The molecular weight excluding hydrogens is 371 g/mol. The molecule has 2 aromatic carbocycles. The van der Waals surface area contributed by atoms with E-state index in [1.54, 1.807) is 43.3 Å². The van der Waals surface area contributed by atoms with Crippen LogP contribution in [-0.2, 0) is 0 Å². The molecule has 3 aromatic rings. The maximum atomic E-state index is 11.5. The van der Waals surface area contributed by atoms with Gasteiger partial charge in [-0.15, -0.1) is 0 Å². The molecule has 7 heteroatoms. The van der Waals surface area contributed by atoms with Gasteiger partial charge in [-0.3, -0.25) is 4.79 Å². The molecule has 1 aromatic heterocycles. The van der Waals surface area contributed by atoms with Gasteiger partial charge in [-0.2, -0.15) is 0 Å². The summed E-state index contributed by atoms with van der Waals surface area (Å²) in [6.45, 7) is 3.33. The van der Waals surface area contributed by atoms with Crippen molar-refractivity contribution in [3.63, 3.8) is 0 Å². The van der Waals surface area contributed by atoms with E-state index < -0.39 is 0 Å². The van der Waals surface area contributed by atoms with Crippen molar-refractivity contribution >= 4 is 52.0 Å². The van der Waals surface area contributed by atoms with Crippen LogP contribution in [-0.4, -0.2) is 15.8 Å². The van der Waals surface area contributed by atoms with Crippen LogP contribution >= 0.6 is 23.2 Å². The maximum absolute atomic E-state index is 11.5. The Morgan fingerprint density at radius 3 is 2.42 bits per heavy atom. The predicted molar refractivity (Wildman–Crippen MR) is 106 cm³/mol. The first-order chi connectivity index (χ1) is 12.4. The molecule has 0 radical (unpaired) electrons. The highest BCUT2D eigenvalue weighted by Crippen LogP contribution is 2.29. The fraction of sp³-hybridized carbons (Fsp3) is 0.105. The first kappa shape index (κ1) is 18.2. The number of anilines is 4. The van der Waals surface area contributed by atoms with Crippen LogP contribution in [0.15, 0.2) is 48.5 Å². The van der Waals surface area contributed by atoms with E-state index in [-0.39, 0.29) is 5.78 Å². The minimum Gasteiger partial charge on any atom is -0.340 e. The fourth-order valence-electron chi connectivity index (χ4n) is 2.39. The average Bonchev–Trinajstić information content (AvgIpc) is 2.58. The number of hydrogen-bond acceptors (Lipinski definition) is 5. The van der Waals surface area contributed by atoms with Gasteiger partial charge in [0.2, 0.25) is 0 Å². The molecule has 2 N–H and O–H groups in total. The molecule has 26 heavy (non-hydrogen) atoms. The number of aryl methyl sites for hydroxylation is 1. The third kappa shape index (κ3) is 4.50. The molecule has 3 rings (SSSR count). The summed E-state index contributed by atoms with van der Waals surface area (Å²) in [6.07, 6.45) is 0. The summed E-state index contributed by atoms with van der Waals surface area (Å²) in [6, 6.07) is 14.1. The molecular formula is C19H16Cl2N4O. The lowest BCUT2D eigenvalue weighted by Gasteiger charge is -2.12. The zero-order chi connectivity index (χ0) is 18.7. The molecule has 0 aliphatic carbocycles. The summed E-state index contributed by atoms with van der Waals surface area (Å²) in [5, 5.41) is 7.45. The highest BCUT2D eigenvalue weighted by Gasteiger charge is 2.07. The first-order valence-corrected chi connectivity index (χ1v) is 8.62. The number of Topliss-reactive ketones (excluding diaryl/α,β-unsaturated/α-hetero) is 1. The number of carbonyl (C=O) groups excluding carboxylic acids is 1. The number of carbonyl (C=O) groups is 1. The summed E-state index contributed by atoms with van der Waals surface area (Å²) in [5.41, 5.74) is 2.05. The van der Waals surface area contributed by atoms with Crippen molar-refractivity contribution in [1.82, 2.24) is 9.97 Å². The molecule has 0 saturated carbocycles. The summed E-state index contributed by atoms with van der Waals surface area (Å²) in [5.74, 6) is 1.76. The quantitative estimate of drug-likeness (QED) is 0.543. The summed E-state index contributed by atoms with van der Waals surface area (Å²) < 4.78 is 0. The Bertz CT molecular complexity index is 976. The second-order valence-electron chi connectivity index (χ2n) is 5.70. The van der Waals surface area contributed by atoms with E-state index in [0.29, 0.717) is 38.8 Å². The molecule has 0 aliphatic heterocycles. The molecule has 0 atom stereocenters. The van der Waals surface area contributed by atoms with E-state index >= 15 is 0 Å². The van der Waals surface area contributed by atoms with Crippen molar-refractivity contribution in [1.29, 1.82) is 0 Å². The van der Waals surface area contributed by atoms with Gasteiger partial charge in [-0.1, -0.05) is 35.3 Å². The van der Waals surface area contributed by atoms with Crippen LogP contribution in [0.3, 0.4) is 0 Å². The van der Waals surface area contributed by atoms with Gasteiger partial charge in [0, 0.05) is 22.3 Å². The Balaban J connectivity index is 1.87. The molecule has 0 spiro atoms. The van der Waals surface area contributed by atoms with Crippen molar-refractivity contribution in [2.75, 3.05) is 10.6 Å². The topological polar surface area (TPSA) is 66.9 Å². The largest absolute Gasteiger partial charge is 0.340 e. The van der Waals surface area contributed by atoms with Crippen LogP contribution < -0.4 is 10.6 Å². The van der Waals surface area contributed by atoms with Crippen LogP contribution in [0.25, 0.3) is 0 Å². The van der Waals surface area contributed by atoms with Gasteiger partial charge in [-0.25, -0.2) is 9.97 Å². The summed E-state index contributed by atoms with van der Waals surface area (Å²) in [4.78, 5) is 20.3. The monoisotopic (exact) mass is 386 g/mol. The van der Waals surface area contributed by atoms with E-state index in [2.05, 4.69) is 20.6 Å². The molecule has 1 heterocycles. The normalized spacial score (nSPS) is 10.5. The lowest BCUT2D eigenvalue weighted by Crippen LogP contribution is -2.02. The number of nitrogens with zero attached hydrogens (tertiary/aromatic N) is 2. The minimum absolute atomic E-state index is 0.00507. The minimum atomic E-state index is 0.00507. The number of benzene rings is 2. The fourth-order valence-corrected chi connectivity index (χ4v) is 2.73. The molecule has 132 valence electrons. The van der Waals surface area contributed by atoms with Crippen LogP contribution in [0.5, 0.6) is 0 Å². The third-order valence-corrected chi connectivity index (χ3v) is 4.14. The van der Waals surface area contributed by atoms with Crippen molar-refractivity contribution < 1.29 is 4.79 Å². The van der Waals surface area contributed by atoms with E-state index in [0.717, 1.165) is 5.69 Å². The highest BCUT2D eigenvalue weighted by atomic mass is 35.5. The number of hydrogen-bond donors (Lipinski definition) is 2. The van der Waals surface area contributed by atoms with Gasteiger partial charge in [0.15, 0.2) is 5.78 Å². The van der Waals surface area contributed by atoms with E-state index in [4.69, 9.17) is 23.2 Å². The zero-order valence-electron chi connectivity index (χ0n) is 14.2. The SMILES string of the molecule is CC(=O)c1cccc(Nc2cc(Nc3cc(Cl)ccc3Cl)nc(C)n2)c1.